The van der Waals surface area contributed by atoms with Crippen LogP contribution in [0.2, 0.25) is 0 Å². The van der Waals surface area contributed by atoms with Gasteiger partial charge in [-0.2, -0.15) is 0 Å². The Morgan fingerprint density at radius 1 is 1.05 bits per heavy atom. The molecule has 0 amide bonds. The van der Waals surface area contributed by atoms with E-state index in [1.807, 2.05) is 30.3 Å². The molecule has 0 aromatic heterocycles. The molecular weight excluding hydrogens is 236 g/mol. The number of phenols is 1. The van der Waals surface area contributed by atoms with E-state index >= 15 is 0 Å². The third-order valence-electron chi connectivity index (χ3n) is 3.34. The number of rotatable bonds is 2. The van der Waals surface area contributed by atoms with Gasteiger partial charge in [-0.1, -0.05) is 36.9 Å². The Morgan fingerprint density at radius 3 is 2.42 bits per heavy atom. The minimum atomic E-state index is 0.204. The van der Waals surface area contributed by atoms with Crippen molar-refractivity contribution in [1.29, 1.82) is 0 Å². The van der Waals surface area contributed by atoms with Crippen LogP contribution in [0.15, 0.2) is 66.9 Å². The van der Waals surface area contributed by atoms with Gasteiger partial charge in [-0.15, -0.1) is 0 Å². The maximum absolute atomic E-state index is 9.39. The Labute approximate surface area is 112 Å². The second kappa shape index (κ2) is 4.69. The zero-order valence-corrected chi connectivity index (χ0v) is 10.6. The normalized spacial score (nSPS) is 18.4. The predicted octanol–water partition coefficient (Wildman–Crippen LogP) is 3.36. The van der Waals surface area contributed by atoms with E-state index in [9.17, 15) is 5.11 Å². The number of para-hydroxylation sites is 1. The third-order valence-corrected chi connectivity index (χ3v) is 3.34. The molecule has 0 bridgehead atoms. The summed E-state index contributed by atoms with van der Waals surface area (Å²) in [5.41, 5.74) is 6.58. The molecule has 1 atom stereocenters. The van der Waals surface area contributed by atoms with Gasteiger partial charge in [0.05, 0.1) is 11.7 Å². The topological polar surface area (TPSA) is 35.5 Å². The van der Waals surface area contributed by atoms with E-state index in [-0.39, 0.29) is 6.04 Å². The van der Waals surface area contributed by atoms with Crippen LogP contribution in [0.4, 0.5) is 5.69 Å². The minimum absolute atomic E-state index is 0.204. The number of aromatic hydroxyl groups is 1. The van der Waals surface area contributed by atoms with E-state index < -0.39 is 0 Å². The lowest BCUT2D eigenvalue weighted by atomic mass is 10.0. The summed E-state index contributed by atoms with van der Waals surface area (Å²) in [4.78, 5) is 0. The zero-order chi connectivity index (χ0) is 13.2. The molecule has 1 fully saturated rings. The molecule has 0 spiro atoms. The number of nitrogens with zero attached hydrogens (tertiary/aromatic N) is 1. The van der Waals surface area contributed by atoms with Gasteiger partial charge in [0.1, 0.15) is 5.75 Å². The van der Waals surface area contributed by atoms with Crippen LogP contribution in [-0.4, -0.2) is 5.11 Å². The van der Waals surface area contributed by atoms with Crippen LogP contribution in [0.25, 0.3) is 0 Å². The zero-order valence-electron chi connectivity index (χ0n) is 10.6. The van der Waals surface area contributed by atoms with Crippen LogP contribution < -0.4 is 10.4 Å². The summed E-state index contributed by atoms with van der Waals surface area (Å²) < 4.78 is 0. The molecule has 3 heteroatoms. The van der Waals surface area contributed by atoms with Crippen LogP contribution in [0.3, 0.4) is 0 Å². The standard InChI is InChI=1S/C16H16N2O/c1-12-11-16(13-7-9-15(19)10-8-13)18(17-12)14-5-3-2-4-6-14/h2-10,16-17,19H,1,11H2. The largest absolute Gasteiger partial charge is 0.508 e. The lowest BCUT2D eigenvalue weighted by molar-refractivity contribution is 0.475. The summed E-state index contributed by atoms with van der Waals surface area (Å²) in [6.07, 6.45) is 0.861. The molecule has 2 N–H and O–H groups in total. The molecule has 1 aliphatic heterocycles. The third kappa shape index (κ3) is 2.27. The molecule has 3 rings (SSSR count). The van der Waals surface area contributed by atoms with E-state index in [4.69, 9.17) is 0 Å². The molecule has 19 heavy (non-hydrogen) atoms. The van der Waals surface area contributed by atoms with Crippen molar-refractivity contribution in [1.82, 2.24) is 5.43 Å². The van der Waals surface area contributed by atoms with Crippen molar-refractivity contribution in [2.45, 2.75) is 12.5 Å². The summed E-state index contributed by atoms with van der Waals surface area (Å²) in [6, 6.07) is 17.7. The van der Waals surface area contributed by atoms with E-state index in [0.717, 1.165) is 23.4 Å². The smallest absolute Gasteiger partial charge is 0.115 e. The molecular formula is C16H16N2O. The van der Waals surface area contributed by atoms with Crippen molar-refractivity contribution in [2.24, 2.45) is 0 Å². The fourth-order valence-corrected chi connectivity index (χ4v) is 2.42. The van der Waals surface area contributed by atoms with Crippen molar-refractivity contribution in [2.75, 3.05) is 5.01 Å². The molecule has 96 valence electrons. The van der Waals surface area contributed by atoms with Gasteiger partial charge < -0.3 is 10.5 Å². The van der Waals surface area contributed by atoms with Crippen molar-refractivity contribution in [3.63, 3.8) is 0 Å². The average Bonchev–Trinajstić information content (AvgIpc) is 2.83. The summed E-state index contributed by atoms with van der Waals surface area (Å²) >= 11 is 0. The summed E-state index contributed by atoms with van der Waals surface area (Å²) in [7, 11) is 0. The molecule has 0 saturated carbocycles. The van der Waals surface area contributed by atoms with Gasteiger partial charge in [-0.05, 0) is 29.8 Å². The van der Waals surface area contributed by atoms with Crippen molar-refractivity contribution < 1.29 is 5.11 Å². The second-order valence-corrected chi connectivity index (χ2v) is 4.73. The van der Waals surface area contributed by atoms with Gasteiger partial charge in [0.2, 0.25) is 0 Å². The Kier molecular flexibility index (Phi) is 2.88. The van der Waals surface area contributed by atoms with E-state index in [2.05, 4.69) is 29.1 Å². The van der Waals surface area contributed by atoms with Crippen LogP contribution in [0.1, 0.15) is 18.0 Å². The fourth-order valence-electron chi connectivity index (χ4n) is 2.42. The van der Waals surface area contributed by atoms with Gasteiger partial charge >= 0.3 is 0 Å². The van der Waals surface area contributed by atoms with Crippen LogP contribution in [0.5, 0.6) is 5.75 Å². The van der Waals surface area contributed by atoms with Gasteiger partial charge in [-0.25, -0.2) is 0 Å². The molecule has 0 aliphatic carbocycles. The highest BCUT2D eigenvalue weighted by molar-refractivity contribution is 5.50. The quantitative estimate of drug-likeness (QED) is 0.860. The molecule has 2 aromatic rings. The maximum Gasteiger partial charge on any atom is 0.115 e. The summed E-state index contributed by atoms with van der Waals surface area (Å²) in [5.74, 6) is 0.291. The van der Waals surface area contributed by atoms with E-state index in [0.29, 0.717) is 5.75 Å². The predicted molar refractivity (Wildman–Crippen MR) is 76.7 cm³/mol. The molecule has 1 aliphatic rings. The number of nitrogens with one attached hydrogen (secondary N) is 1. The van der Waals surface area contributed by atoms with Crippen molar-refractivity contribution in [3.8, 4) is 5.75 Å². The van der Waals surface area contributed by atoms with Crippen LogP contribution >= 0.6 is 0 Å². The fraction of sp³-hybridized carbons (Fsp3) is 0.125. The van der Waals surface area contributed by atoms with E-state index in [1.54, 1.807) is 12.1 Å². The number of benzene rings is 2. The first-order valence-corrected chi connectivity index (χ1v) is 6.32. The summed E-state index contributed by atoms with van der Waals surface area (Å²) in [6.45, 7) is 4.02. The lowest BCUT2D eigenvalue weighted by Gasteiger charge is -2.26. The van der Waals surface area contributed by atoms with Crippen LogP contribution in [-0.2, 0) is 0 Å². The first kappa shape index (κ1) is 11.7. The molecule has 0 radical (unpaired) electrons. The molecule has 3 nitrogen and oxygen atoms in total. The van der Waals surface area contributed by atoms with Gasteiger partial charge in [-0.3, -0.25) is 5.01 Å². The van der Waals surface area contributed by atoms with Gasteiger partial charge in [0.15, 0.2) is 0 Å². The first-order valence-electron chi connectivity index (χ1n) is 6.32. The second-order valence-electron chi connectivity index (χ2n) is 4.73. The molecule has 1 unspecified atom stereocenters. The SMILES string of the molecule is C=C1CC(c2ccc(O)cc2)N(c2ccccc2)N1. The number of hydrogen-bond acceptors (Lipinski definition) is 3. The Bertz CT molecular complexity index is 577. The first-order chi connectivity index (χ1) is 9.24. The number of hydrogen-bond donors (Lipinski definition) is 2. The highest BCUT2D eigenvalue weighted by Crippen LogP contribution is 2.35. The highest BCUT2D eigenvalue weighted by atomic mass is 16.3. The molecule has 2 aromatic carbocycles. The molecule has 1 saturated heterocycles. The average molecular weight is 252 g/mol. The number of hydrazine groups is 1. The Morgan fingerprint density at radius 2 is 1.74 bits per heavy atom. The lowest BCUT2D eigenvalue weighted by Crippen LogP contribution is -2.31. The van der Waals surface area contributed by atoms with Gasteiger partial charge in [0, 0.05) is 12.1 Å². The van der Waals surface area contributed by atoms with Crippen molar-refractivity contribution in [3.05, 3.63) is 72.4 Å². The Balaban J connectivity index is 1.95. The number of phenolic OH excluding ortho intramolecular Hbond substituents is 1. The monoisotopic (exact) mass is 252 g/mol. The maximum atomic E-state index is 9.39. The Hall–Kier alpha value is -2.42. The highest BCUT2D eigenvalue weighted by Gasteiger charge is 2.28. The van der Waals surface area contributed by atoms with Gasteiger partial charge in [0.25, 0.3) is 0 Å². The molecule has 1 heterocycles. The summed E-state index contributed by atoms with van der Waals surface area (Å²) in [5, 5.41) is 11.5. The number of anilines is 1. The minimum Gasteiger partial charge on any atom is -0.508 e. The van der Waals surface area contributed by atoms with Crippen molar-refractivity contribution >= 4 is 5.69 Å². The van der Waals surface area contributed by atoms with E-state index in [1.165, 1.54) is 0 Å². The van der Waals surface area contributed by atoms with Crippen LogP contribution in [0, 0.1) is 0 Å².